The predicted molar refractivity (Wildman–Crippen MR) is 74.6 cm³/mol. The first kappa shape index (κ1) is 14.7. The summed E-state index contributed by atoms with van der Waals surface area (Å²) < 4.78 is 19.2. The molecule has 0 saturated heterocycles. The summed E-state index contributed by atoms with van der Waals surface area (Å²) in [5, 5.41) is 11.6. The number of aromatic nitrogens is 2. The number of ether oxygens (including phenoxy) is 1. The number of anilines is 2. The molecule has 2 N–H and O–H groups in total. The third kappa shape index (κ3) is 3.25. The van der Waals surface area contributed by atoms with Gasteiger partial charge in [0.05, 0.1) is 23.4 Å². The van der Waals surface area contributed by atoms with E-state index in [4.69, 9.17) is 9.84 Å². The SMILES string of the molecule is CCOc1ncnc(Nc2ccc(C(=O)O)cc2F)c1C. The molecule has 0 aliphatic heterocycles. The van der Waals surface area contributed by atoms with Crippen molar-refractivity contribution in [3.8, 4) is 5.88 Å². The second-order valence-electron chi connectivity index (χ2n) is 4.21. The lowest BCUT2D eigenvalue weighted by atomic mass is 10.2. The number of carbonyl (C=O) groups is 1. The van der Waals surface area contributed by atoms with Gasteiger partial charge in [-0.1, -0.05) is 0 Å². The smallest absolute Gasteiger partial charge is 0.335 e. The number of hydrogen-bond acceptors (Lipinski definition) is 5. The van der Waals surface area contributed by atoms with Crippen LogP contribution in [0.5, 0.6) is 5.88 Å². The molecule has 0 bridgehead atoms. The summed E-state index contributed by atoms with van der Waals surface area (Å²) in [6.07, 6.45) is 1.31. The fourth-order valence-corrected chi connectivity index (χ4v) is 1.72. The molecule has 0 atom stereocenters. The Morgan fingerprint density at radius 2 is 2.19 bits per heavy atom. The number of benzene rings is 1. The quantitative estimate of drug-likeness (QED) is 0.881. The van der Waals surface area contributed by atoms with Gasteiger partial charge in [0.15, 0.2) is 0 Å². The van der Waals surface area contributed by atoms with Crippen LogP contribution in [0.25, 0.3) is 0 Å². The second kappa shape index (κ2) is 6.17. The Bertz CT molecular complexity index is 677. The van der Waals surface area contributed by atoms with Crippen LogP contribution in [0, 0.1) is 12.7 Å². The molecule has 0 aliphatic rings. The summed E-state index contributed by atoms with van der Waals surface area (Å²) >= 11 is 0. The van der Waals surface area contributed by atoms with Gasteiger partial charge in [0.1, 0.15) is 18.0 Å². The van der Waals surface area contributed by atoms with Gasteiger partial charge in [-0.3, -0.25) is 0 Å². The molecular weight excluding hydrogens is 277 g/mol. The average molecular weight is 291 g/mol. The Kier molecular flexibility index (Phi) is 4.32. The van der Waals surface area contributed by atoms with E-state index >= 15 is 0 Å². The molecule has 7 heteroatoms. The van der Waals surface area contributed by atoms with E-state index in [2.05, 4.69) is 15.3 Å². The topological polar surface area (TPSA) is 84.3 Å². The van der Waals surface area contributed by atoms with E-state index in [-0.39, 0.29) is 11.3 Å². The van der Waals surface area contributed by atoms with Gasteiger partial charge in [-0.15, -0.1) is 0 Å². The van der Waals surface area contributed by atoms with Gasteiger partial charge in [0.25, 0.3) is 0 Å². The van der Waals surface area contributed by atoms with Crippen molar-refractivity contribution in [3.63, 3.8) is 0 Å². The maximum atomic E-state index is 13.9. The summed E-state index contributed by atoms with van der Waals surface area (Å²) in [7, 11) is 0. The van der Waals surface area contributed by atoms with E-state index in [0.717, 1.165) is 6.07 Å². The Hall–Kier alpha value is -2.70. The van der Waals surface area contributed by atoms with Crippen molar-refractivity contribution in [2.75, 3.05) is 11.9 Å². The Balaban J connectivity index is 2.30. The number of carboxylic acids is 1. The van der Waals surface area contributed by atoms with Gasteiger partial charge < -0.3 is 15.2 Å². The van der Waals surface area contributed by atoms with Gasteiger partial charge in [-0.25, -0.2) is 19.2 Å². The molecule has 2 rings (SSSR count). The standard InChI is InChI=1S/C14H14FN3O3/c1-3-21-13-8(2)12(16-7-17-13)18-11-5-4-9(14(19)20)6-10(11)15/h4-7H,3H2,1-2H3,(H,19,20)(H,16,17,18). The molecule has 0 saturated carbocycles. The lowest BCUT2D eigenvalue weighted by Crippen LogP contribution is -2.04. The normalized spacial score (nSPS) is 10.2. The molecule has 6 nitrogen and oxygen atoms in total. The van der Waals surface area contributed by atoms with Crippen LogP contribution in [0.3, 0.4) is 0 Å². The molecule has 1 aromatic heterocycles. The van der Waals surface area contributed by atoms with Crippen LogP contribution in [0.4, 0.5) is 15.9 Å². The van der Waals surface area contributed by atoms with Gasteiger partial charge in [0.2, 0.25) is 5.88 Å². The second-order valence-corrected chi connectivity index (χ2v) is 4.21. The number of halogens is 1. The van der Waals surface area contributed by atoms with Crippen molar-refractivity contribution in [1.82, 2.24) is 9.97 Å². The maximum absolute atomic E-state index is 13.9. The third-order valence-corrected chi connectivity index (χ3v) is 2.79. The van der Waals surface area contributed by atoms with E-state index in [1.807, 2.05) is 6.92 Å². The highest BCUT2D eigenvalue weighted by atomic mass is 19.1. The first-order chi connectivity index (χ1) is 10.0. The van der Waals surface area contributed by atoms with Gasteiger partial charge in [-0.2, -0.15) is 0 Å². The van der Waals surface area contributed by atoms with E-state index < -0.39 is 11.8 Å². The minimum Gasteiger partial charge on any atom is -0.478 e. The molecule has 1 aromatic carbocycles. The largest absolute Gasteiger partial charge is 0.478 e. The lowest BCUT2D eigenvalue weighted by molar-refractivity contribution is 0.0696. The minimum absolute atomic E-state index is 0.118. The van der Waals surface area contributed by atoms with Gasteiger partial charge in [-0.05, 0) is 32.0 Å². The van der Waals surface area contributed by atoms with Crippen molar-refractivity contribution in [1.29, 1.82) is 0 Å². The van der Waals surface area contributed by atoms with Crippen LogP contribution in [0.1, 0.15) is 22.8 Å². The summed E-state index contributed by atoms with van der Waals surface area (Å²) in [5.74, 6) is -1.05. The predicted octanol–water partition coefficient (Wildman–Crippen LogP) is 2.76. The van der Waals surface area contributed by atoms with E-state index in [1.54, 1.807) is 6.92 Å². The molecule has 21 heavy (non-hydrogen) atoms. The molecule has 0 unspecified atom stereocenters. The number of nitrogens with zero attached hydrogens (tertiary/aromatic N) is 2. The Morgan fingerprint density at radius 3 is 2.81 bits per heavy atom. The molecule has 0 aliphatic carbocycles. The first-order valence-corrected chi connectivity index (χ1v) is 6.27. The van der Waals surface area contributed by atoms with Crippen molar-refractivity contribution in [3.05, 3.63) is 41.5 Å². The van der Waals surface area contributed by atoms with Crippen molar-refractivity contribution >= 4 is 17.5 Å². The fourth-order valence-electron chi connectivity index (χ4n) is 1.72. The van der Waals surface area contributed by atoms with Crippen molar-refractivity contribution in [2.45, 2.75) is 13.8 Å². The summed E-state index contributed by atoms with van der Waals surface area (Å²) in [6, 6.07) is 3.61. The molecule has 0 spiro atoms. The molecular formula is C14H14FN3O3. The fraction of sp³-hybridized carbons (Fsp3) is 0.214. The van der Waals surface area contributed by atoms with Crippen molar-refractivity contribution in [2.24, 2.45) is 0 Å². The van der Waals surface area contributed by atoms with E-state index in [0.29, 0.717) is 23.9 Å². The van der Waals surface area contributed by atoms with Crippen LogP contribution < -0.4 is 10.1 Å². The maximum Gasteiger partial charge on any atom is 0.335 e. The highest BCUT2D eigenvalue weighted by Crippen LogP contribution is 2.25. The number of hydrogen-bond donors (Lipinski definition) is 2. The van der Waals surface area contributed by atoms with Crippen LogP contribution in [0.15, 0.2) is 24.5 Å². The zero-order valence-electron chi connectivity index (χ0n) is 11.6. The molecule has 0 radical (unpaired) electrons. The van der Waals surface area contributed by atoms with Crippen LogP contribution in [0.2, 0.25) is 0 Å². The van der Waals surface area contributed by atoms with Gasteiger partial charge >= 0.3 is 5.97 Å². The summed E-state index contributed by atoms with van der Waals surface area (Å²) in [5.41, 5.74) is 0.651. The molecule has 0 fully saturated rings. The summed E-state index contributed by atoms with van der Waals surface area (Å²) in [4.78, 5) is 18.8. The minimum atomic E-state index is -1.18. The molecule has 0 amide bonds. The Morgan fingerprint density at radius 1 is 1.43 bits per heavy atom. The number of rotatable bonds is 5. The zero-order valence-corrected chi connectivity index (χ0v) is 11.6. The average Bonchev–Trinajstić information content (AvgIpc) is 2.45. The molecule has 1 heterocycles. The molecule has 2 aromatic rings. The first-order valence-electron chi connectivity index (χ1n) is 6.27. The molecule has 110 valence electrons. The lowest BCUT2D eigenvalue weighted by Gasteiger charge is -2.12. The van der Waals surface area contributed by atoms with Crippen molar-refractivity contribution < 1.29 is 19.0 Å². The number of nitrogens with one attached hydrogen (secondary N) is 1. The monoisotopic (exact) mass is 291 g/mol. The van der Waals surface area contributed by atoms with E-state index in [9.17, 15) is 9.18 Å². The van der Waals surface area contributed by atoms with Crippen LogP contribution in [-0.2, 0) is 0 Å². The third-order valence-electron chi connectivity index (χ3n) is 2.79. The Labute approximate surface area is 120 Å². The zero-order chi connectivity index (χ0) is 15.4. The summed E-state index contributed by atoms with van der Waals surface area (Å²) in [6.45, 7) is 4.04. The van der Waals surface area contributed by atoms with Crippen LogP contribution in [-0.4, -0.2) is 27.7 Å². The highest BCUT2D eigenvalue weighted by Gasteiger charge is 2.12. The van der Waals surface area contributed by atoms with Gasteiger partial charge in [0, 0.05) is 0 Å². The van der Waals surface area contributed by atoms with E-state index in [1.165, 1.54) is 18.5 Å². The number of aromatic carboxylic acids is 1. The van der Waals surface area contributed by atoms with Crippen LogP contribution >= 0.6 is 0 Å². The highest BCUT2D eigenvalue weighted by molar-refractivity contribution is 5.88. The number of carboxylic acid groups (broad SMARTS) is 1.